The Morgan fingerprint density at radius 1 is 1.03 bits per heavy atom. The summed E-state index contributed by atoms with van der Waals surface area (Å²) in [7, 11) is 0. The Hall–Kier alpha value is -2.28. The highest BCUT2D eigenvalue weighted by molar-refractivity contribution is 6.33. The highest BCUT2D eigenvalue weighted by Crippen LogP contribution is 2.60. The molecule has 0 amide bonds. The minimum atomic E-state index is -0.456. The fourth-order valence-electron chi connectivity index (χ4n) is 6.95. The summed E-state index contributed by atoms with van der Waals surface area (Å²) in [6.07, 6.45) is 7.03. The second-order valence-electron chi connectivity index (χ2n) is 9.73. The van der Waals surface area contributed by atoms with Gasteiger partial charge >= 0.3 is 0 Å². The van der Waals surface area contributed by atoms with Gasteiger partial charge in [0.05, 0.1) is 10.7 Å². The largest absolute Gasteiger partial charge is 0.733 e. The number of amidine groups is 1. The van der Waals surface area contributed by atoms with E-state index in [9.17, 15) is 10.4 Å². The molecule has 7 heteroatoms. The molecule has 4 aliphatic carbocycles. The number of hydrogen-bond acceptors (Lipinski definition) is 6. The Morgan fingerprint density at radius 2 is 1.68 bits per heavy atom. The van der Waals surface area contributed by atoms with E-state index in [-0.39, 0.29) is 21.5 Å². The zero-order chi connectivity index (χ0) is 21.2. The summed E-state index contributed by atoms with van der Waals surface area (Å²) in [6.45, 7) is 0. The van der Waals surface area contributed by atoms with Crippen LogP contribution in [0.1, 0.15) is 55.9 Å². The molecule has 1 heterocycles. The van der Waals surface area contributed by atoms with Crippen LogP contribution in [0, 0.1) is 23.0 Å². The molecule has 6 nitrogen and oxygen atoms in total. The van der Waals surface area contributed by atoms with Crippen LogP contribution < -0.4 is 5.23 Å². The molecule has 1 N–H and O–H groups in total. The van der Waals surface area contributed by atoms with Crippen LogP contribution in [0.25, 0.3) is 0 Å². The number of rotatable bonds is 4. The van der Waals surface area contributed by atoms with Crippen molar-refractivity contribution < 1.29 is 10.0 Å². The van der Waals surface area contributed by atoms with Crippen LogP contribution >= 0.6 is 11.6 Å². The van der Waals surface area contributed by atoms with Crippen molar-refractivity contribution in [3.63, 3.8) is 0 Å². The lowest BCUT2D eigenvalue weighted by molar-refractivity contribution is -0.116. The normalized spacial score (nSPS) is 33.4. The van der Waals surface area contributed by atoms with Crippen molar-refractivity contribution >= 4 is 23.1 Å². The Morgan fingerprint density at radius 3 is 2.29 bits per heavy atom. The number of nitrogens with zero attached hydrogens (tertiary/aromatic N) is 3. The first-order valence-electron chi connectivity index (χ1n) is 11.1. The van der Waals surface area contributed by atoms with Gasteiger partial charge in [0.1, 0.15) is 0 Å². The maximum atomic E-state index is 11.6. The minimum absolute atomic E-state index is 0.000751. The average molecular weight is 439 g/mol. The Kier molecular flexibility index (Phi) is 4.46. The van der Waals surface area contributed by atoms with Crippen molar-refractivity contribution in [3.05, 3.63) is 69.9 Å². The predicted molar refractivity (Wildman–Crippen MR) is 119 cm³/mol. The van der Waals surface area contributed by atoms with Crippen LogP contribution in [0.4, 0.5) is 5.69 Å². The Balaban J connectivity index is 1.45. The molecule has 1 aliphatic heterocycles. The molecule has 4 fully saturated rings. The second-order valence-corrected chi connectivity index (χ2v) is 10.1. The summed E-state index contributed by atoms with van der Waals surface area (Å²) in [4.78, 5) is 8.43. The molecule has 2 aromatic carbocycles. The molecule has 0 aromatic heterocycles. The minimum Gasteiger partial charge on any atom is -0.733 e. The second kappa shape index (κ2) is 7.12. The maximum absolute atomic E-state index is 11.6. The van der Waals surface area contributed by atoms with E-state index in [1.165, 1.54) is 19.3 Å². The standard InChI is InChI=1S/C24H25ClN3O3/c25-20-7-6-19(11-21(20)28(29)30)23-27(22(26-31-23)18-4-2-1-3-5-18)24-12-15-8-16(13-24)10-17(9-15)14-24/h1-7,11,15-17,23,29H,8-10,12-14H2/q-1. The van der Waals surface area contributed by atoms with E-state index in [2.05, 4.69) is 22.2 Å². The summed E-state index contributed by atoms with van der Waals surface area (Å²) in [5.74, 6) is 3.15. The molecule has 2 aromatic rings. The van der Waals surface area contributed by atoms with Crippen molar-refractivity contribution in [2.24, 2.45) is 22.9 Å². The monoisotopic (exact) mass is 438 g/mol. The quantitative estimate of drug-likeness (QED) is 0.620. The van der Waals surface area contributed by atoms with Crippen molar-refractivity contribution in [1.82, 2.24) is 4.90 Å². The van der Waals surface area contributed by atoms with Gasteiger partial charge < -0.3 is 20.2 Å². The first kappa shape index (κ1) is 19.4. The highest BCUT2D eigenvalue weighted by Gasteiger charge is 2.57. The van der Waals surface area contributed by atoms with Gasteiger partial charge in [-0.1, -0.05) is 53.2 Å². The predicted octanol–water partition coefficient (Wildman–Crippen LogP) is 5.69. The summed E-state index contributed by atoms with van der Waals surface area (Å²) in [5.41, 5.74) is 1.81. The average Bonchev–Trinajstić information content (AvgIpc) is 3.20. The number of hydrogen-bond donors (Lipinski definition) is 1. The fourth-order valence-corrected chi connectivity index (χ4v) is 7.14. The van der Waals surface area contributed by atoms with E-state index in [0.29, 0.717) is 0 Å². The van der Waals surface area contributed by atoms with E-state index in [0.717, 1.165) is 54.0 Å². The summed E-state index contributed by atoms with van der Waals surface area (Å²) in [5, 5.41) is 25.7. The molecule has 4 saturated carbocycles. The van der Waals surface area contributed by atoms with Gasteiger partial charge in [0.15, 0.2) is 5.84 Å². The summed E-state index contributed by atoms with van der Waals surface area (Å²) < 4.78 is 0. The molecule has 5 aliphatic rings. The summed E-state index contributed by atoms with van der Waals surface area (Å²) in [6, 6.07) is 15.3. The molecule has 1 unspecified atom stereocenters. The lowest BCUT2D eigenvalue weighted by atomic mass is 9.52. The Bertz CT molecular complexity index is 991. The third kappa shape index (κ3) is 3.12. The Labute approximate surface area is 186 Å². The third-order valence-electron chi connectivity index (χ3n) is 7.71. The van der Waals surface area contributed by atoms with Gasteiger partial charge in [0, 0.05) is 16.7 Å². The lowest BCUT2D eigenvalue weighted by Crippen LogP contribution is -2.61. The SMILES string of the molecule is [O-]N(O)c1cc(C2ON=C(c3ccccc3)N2C23CC4CC(CC(C4)C2)C3)ccc1Cl. The van der Waals surface area contributed by atoms with Gasteiger partial charge in [-0.3, -0.25) is 5.21 Å². The molecule has 0 saturated heterocycles. The van der Waals surface area contributed by atoms with E-state index >= 15 is 0 Å². The van der Waals surface area contributed by atoms with Crippen LogP contribution in [0.15, 0.2) is 53.7 Å². The maximum Gasteiger partial charge on any atom is 0.227 e. The molecular weight excluding hydrogens is 414 g/mol. The zero-order valence-electron chi connectivity index (χ0n) is 17.2. The molecule has 0 radical (unpaired) electrons. The van der Waals surface area contributed by atoms with E-state index < -0.39 is 6.23 Å². The fraction of sp³-hybridized carbons (Fsp3) is 0.458. The van der Waals surface area contributed by atoms with Crippen molar-refractivity contribution in [3.8, 4) is 0 Å². The molecular formula is C24H25ClN3O3-. The van der Waals surface area contributed by atoms with E-state index in [1.54, 1.807) is 12.1 Å². The van der Waals surface area contributed by atoms with Crippen LogP contribution in [0.5, 0.6) is 0 Å². The molecule has 0 spiro atoms. The number of benzene rings is 2. The van der Waals surface area contributed by atoms with Crippen molar-refractivity contribution in [1.29, 1.82) is 0 Å². The first-order valence-corrected chi connectivity index (χ1v) is 11.4. The first-order chi connectivity index (χ1) is 15.0. The molecule has 4 bridgehead atoms. The molecule has 1 atom stereocenters. The van der Waals surface area contributed by atoms with Crippen molar-refractivity contribution in [2.75, 3.05) is 5.23 Å². The highest BCUT2D eigenvalue weighted by atomic mass is 35.5. The van der Waals surface area contributed by atoms with Crippen LogP contribution in [0.3, 0.4) is 0 Å². The molecule has 7 rings (SSSR count). The van der Waals surface area contributed by atoms with E-state index in [1.807, 2.05) is 24.3 Å². The van der Waals surface area contributed by atoms with Crippen LogP contribution in [-0.4, -0.2) is 21.5 Å². The zero-order valence-corrected chi connectivity index (χ0v) is 17.9. The van der Waals surface area contributed by atoms with Gasteiger partial charge in [0.25, 0.3) is 0 Å². The van der Waals surface area contributed by atoms with Gasteiger partial charge in [-0.25, -0.2) is 0 Å². The van der Waals surface area contributed by atoms with Gasteiger partial charge in [-0.2, -0.15) is 0 Å². The van der Waals surface area contributed by atoms with Crippen LogP contribution in [0.2, 0.25) is 5.02 Å². The number of halogens is 1. The summed E-state index contributed by atoms with van der Waals surface area (Å²) >= 11 is 6.13. The molecule has 162 valence electrons. The lowest BCUT2D eigenvalue weighted by Gasteiger charge is -2.60. The van der Waals surface area contributed by atoms with Gasteiger partial charge in [-0.05, 0) is 68.4 Å². The van der Waals surface area contributed by atoms with Crippen LogP contribution in [-0.2, 0) is 4.84 Å². The van der Waals surface area contributed by atoms with Gasteiger partial charge in [0.2, 0.25) is 6.23 Å². The third-order valence-corrected chi connectivity index (χ3v) is 8.03. The topological polar surface area (TPSA) is 71.4 Å². The smallest absolute Gasteiger partial charge is 0.227 e. The number of oxime groups is 1. The molecule has 31 heavy (non-hydrogen) atoms. The van der Waals surface area contributed by atoms with E-state index in [4.69, 9.17) is 16.4 Å². The van der Waals surface area contributed by atoms with Crippen molar-refractivity contribution in [2.45, 2.75) is 50.3 Å². The number of anilines is 1. The van der Waals surface area contributed by atoms with Gasteiger partial charge in [-0.15, -0.1) is 0 Å².